The topological polar surface area (TPSA) is 92.8 Å². The maximum absolute atomic E-state index is 12.3. The number of likely N-dealkylation sites (tertiary alicyclic amines) is 1. The van der Waals surface area contributed by atoms with Crippen LogP contribution in [0.25, 0.3) is 0 Å². The normalized spacial score (nSPS) is 21.2. The molecule has 1 heterocycles. The predicted molar refractivity (Wildman–Crippen MR) is 97.9 cm³/mol. The third-order valence-electron chi connectivity index (χ3n) is 4.71. The van der Waals surface area contributed by atoms with Crippen LogP contribution in [-0.2, 0) is 23.9 Å². The summed E-state index contributed by atoms with van der Waals surface area (Å²) in [6.45, 7) is 0.839. The molecule has 3 amide bonds. The molecular weight excluding hydrogens is 372 g/mol. The molecule has 0 bridgehead atoms. The summed E-state index contributed by atoms with van der Waals surface area (Å²) in [6, 6.07) is 5.02. The summed E-state index contributed by atoms with van der Waals surface area (Å²) in [6.07, 6.45) is 4.75. The second-order valence-corrected chi connectivity index (χ2v) is 7.00. The number of rotatable bonds is 5. The molecule has 1 aromatic rings. The quantitative estimate of drug-likeness (QED) is 0.472. The first-order valence-corrected chi connectivity index (χ1v) is 8.96. The minimum absolute atomic E-state index is 0.356. The first kappa shape index (κ1) is 19.1. The summed E-state index contributed by atoms with van der Waals surface area (Å²) in [7, 11) is 0. The summed E-state index contributed by atoms with van der Waals surface area (Å²) in [5, 5.41) is 3.07. The lowest BCUT2D eigenvalue weighted by Crippen LogP contribution is -2.37. The number of imide groups is 1. The zero-order chi connectivity index (χ0) is 19.6. The lowest BCUT2D eigenvalue weighted by molar-refractivity contribution is -0.154. The fourth-order valence-electron chi connectivity index (χ4n) is 3.21. The van der Waals surface area contributed by atoms with Gasteiger partial charge in [-0.3, -0.25) is 24.1 Å². The molecule has 1 N–H and O–H groups in total. The molecule has 7 nitrogen and oxygen atoms in total. The van der Waals surface area contributed by atoms with Gasteiger partial charge < -0.3 is 10.1 Å². The number of allylic oxidation sites excluding steroid dienone is 2. The van der Waals surface area contributed by atoms with Gasteiger partial charge in [0.2, 0.25) is 11.8 Å². The highest BCUT2D eigenvalue weighted by molar-refractivity contribution is 6.31. The SMILES string of the molecule is Cc1ccc(NC(=O)COC(=O)CN2C(=O)C3CC=CCC3C2=O)cc1Cl. The number of carbonyl (C=O) groups excluding carboxylic acids is 4. The van der Waals surface area contributed by atoms with Crippen molar-refractivity contribution in [3.05, 3.63) is 40.9 Å². The number of benzene rings is 1. The van der Waals surface area contributed by atoms with Crippen molar-refractivity contribution in [3.8, 4) is 0 Å². The Morgan fingerprint density at radius 3 is 2.41 bits per heavy atom. The largest absolute Gasteiger partial charge is 0.454 e. The third kappa shape index (κ3) is 4.19. The van der Waals surface area contributed by atoms with E-state index in [1.54, 1.807) is 18.2 Å². The molecule has 142 valence electrons. The minimum Gasteiger partial charge on any atom is -0.454 e. The van der Waals surface area contributed by atoms with Gasteiger partial charge in [0.15, 0.2) is 6.61 Å². The van der Waals surface area contributed by atoms with Gasteiger partial charge in [0.1, 0.15) is 6.54 Å². The number of hydrogen-bond donors (Lipinski definition) is 1. The average Bonchev–Trinajstić information content (AvgIpc) is 2.88. The van der Waals surface area contributed by atoms with Crippen LogP contribution in [0.4, 0.5) is 5.69 Å². The van der Waals surface area contributed by atoms with Gasteiger partial charge in [-0.2, -0.15) is 0 Å². The molecular formula is C19H19ClN2O5. The molecule has 0 saturated carbocycles. The number of anilines is 1. The van der Waals surface area contributed by atoms with Gasteiger partial charge in [-0.05, 0) is 37.5 Å². The van der Waals surface area contributed by atoms with E-state index in [-0.39, 0.29) is 11.8 Å². The molecule has 27 heavy (non-hydrogen) atoms. The van der Waals surface area contributed by atoms with Crippen molar-refractivity contribution in [2.75, 3.05) is 18.5 Å². The van der Waals surface area contributed by atoms with Gasteiger partial charge >= 0.3 is 5.97 Å². The predicted octanol–water partition coefficient (Wildman–Crippen LogP) is 2.08. The van der Waals surface area contributed by atoms with Crippen LogP contribution >= 0.6 is 11.6 Å². The van der Waals surface area contributed by atoms with Crippen LogP contribution in [-0.4, -0.2) is 41.7 Å². The number of esters is 1. The van der Waals surface area contributed by atoms with Crippen LogP contribution in [0.3, 0.4) is 0 Å². The number of hydrogen-bond acceptors (Lipinski definition) is 5. The number of aryl methyl sites for hydroxylation is 1. The molecule has 2 atom stereocenters. The molecule has 8 heteroatoms. The van der Waals surface area contributed by atoms with Crippen LogP contribution in [0, 0.1) is 18.8 Å². The molecule has 1 aliphatic carbocycles. The standard InChI is InChI=1S/C19H19ClN2O5/c1-11-6-7-12(8-15(11)20)21-16(23)10-27-17(24)9-22-18(25)13-4-2-3-5-14(13)19(22)26/h2-3,6-8,13-14H,4-5,9-10H2,1H3,(H,21,23). The van der Waals surface area contributed by atoms with E-state index in [1.165, 1.54) is 0 Å². The van der Waals surface area contributed by atoms with Crippen LogP contribution in [0.2, 0.25) is 5.02 Å². The van der Waals surface area contributed by atoms with Crippen LogP contribution in [0.15, 0.2) is 30.4 Å². The Morgan fingerprint density at radius 2 is 1.81 bits per heavy atom. The molecule has 0 aromatic heterocycles. The van der Waals surface area contributed by atoms with E-state index in [2.05, 4.69) is 5.32 Å². The van der Waals surface area contributed by atoms with Crippen molar-refractivity contribution in [2.24, 2.45) is 11.8 Å². The number of nitrogens with zero attached hydrogens (tertiary/aromatic N) is 1. The summed E-state index contributed by atoms with van der Waals surface area (Å²) >= 11 is 5.99. The summed E-state index contributed by atoms with van der Waals surface area (Å²) in [4.78, 5) is 49.4. The number of amides is 3. The van der Waals surface area contributed by atoms with Crippen LogP contribution < -0.4 is 5.32 Å². The fourth-order valence-corrected chi connectivity index (χ4v) is 3.39. The van der Waals surface area contributed by atoms with Crippen molar-refractivity contribution in [3.63, 3.8) is 0 Å². The maximum Gasteiger partial charge on any atom is 0.326 e. The number of carbonyl (C=O) groups is 4. The summed E-state index contributed by atoms with van der Waals surface area (Å²) < 4.78 is 4.90. The van der Waals surface area contributed by atoms with E-state index in [0.29, 0.717) is 23.6 Å². The minimum atomic E-state index is -0.805. The molecule has 0 spiro atoms. The first-order chi connectivity index (χ1) is 12.9. The van der Waals surface area contributed by atoms with Crippen molar-refractivity contribution in [1.82, 2.24) is 4.90 Å². The van der Waals surface area contributed by atoms with E-state index < -0.39 is 36.9 Å². The highest BCUT2D eigenvalue weighted by atomic mass is 35.5. The second-order valence-electron chi connectivity index (χ2n) is 6.59. The van der Waals surface area contributed by atoms with E-state index in [9.17, 15) is 19.2 Å². The van der Waals surface area contributed by atoms with Crippen LogP contribution in [0.5, 0.6) is 0 Å². The molecule has 3 rings (SSSR count). The van der Waals surface area contributed by atoms with E-state index in [1.807, 2.05) is 19.1 Å². The van der Waals surface area contributed by atoms with Gasteiger partial charge in [-0.1, -0.05) is 29.8 Å². The van der Waals surface area contributed by atoms with Gasteiger partial charge in [0, 0.05) is 10.7 Å². The smallest absolute Gasteiger partial charge is 0.326 e. The Balaban J connectivity index is 1.49. The Labute approximate surface area is 161 Å². The van der Waals surface area contributed by atoms with Crippen molar-refractivity contribution < 1.29 is 23.9 Å². The molecule has 2 unspecified atom stereocenters. The Bertz CT molecular complexity index is 809. The fraction of sp³-hybridized carbons (Fsp3) is 0.368. The number of ether oxygens (including phenoxy) is 1. The summed E-state index contributed by atoms with van der Waals surface area (Å²) in [5.74, 6) is -2.86. The molecule has 1 saturated heterocycles. The Morgan fingerprint density at radius 1 is 1.19 bits per heavy atom. The third-order valence-corrected chi connectivity index (χ3v) is 5.11. The first-order valence-electron chi connectivity index (χ1n) is 8.58. The zero-order valence-corrected chi connectivity index (χ0v) is 15.5. The Kier molecular flexibility index (Phi) is 5.60. The van der Waals surface area contributed by atoms with Crippen molar-refractivity contribution >= 4 is 41.0 Å². The van der Waals surface area contributed by atoms with E-state index in [0.717, 1.165) is 10.5 Å². The second kappa shape index (κ2) is 7.92. The lowest BCUT2D eigenvalue weighted by Gasteiger charge is -2.14. The van der Waals surface area contributed by atoms with Gasteiger partial charge in [-0.25, -0.2) is 0 Å². The van der Waals surface area contributed by atoms with Crippen LogP contribution in [0.1, 0.15) is 18.4 Å². The van der Waals surface area contributed by atoms with Gasteiger partial charge in [0.25, 0.3) is 5.91 Å². The van der Waals surface area contributed by atoms with E-state index >= 15 is 0 Å². The molecule has 1 fully saturated rings. The molecule has 1 aliphatic heterocycles. The monoisotopic (exact) mass is 390 g/mol. The average molecular weight is 391 g/mol. The number of nitrogens with one attached hydrogen (secondary N) is 1. The Hall–Kier alpha value is -2.67. The van der Waals surface area contributed by atoms with Gasteiger partial charge in [-0.15, -0.1) is 0 Å². The highest BCUT2D eigenvalue weighted by Gasteiger charge is 2.47. The number of halogens is 1. The number of fused-ring (bicyclic) bond motifs is 1. The van der Waals surface area contributed by atoms with Crippen molar-refractivity contribution in [1.29, 1.82) is 0 Å². The van der Waals surface area contributed by atoms with E-state index in [4.69, 9.17) is 16.3 Å². The molecule has 2 aliphatic rings. The maximum atomic E-state index is 12.3. The summed E-state index contributed by atoms with van der Waals surface area (Å²) in [5.41, 5.74) is 1.35. The van der Waals surface area contributed by atoms with Crippen molar-refractivity contribution in [2.45, 2.75) is 19.8 Å². The molecule has 1 aromatic carbocycles. The molecule has 0 radical (unpaired) electrons. The van der Waals surface area contributed by atoms with Gasteiger partial charge in [0.05, 0.1) is 11.8 Å². The highest BCUT2D eigenvalue weighted by Crippen LogP contribution is 2.34. The lowest BCUT2D eigenvalue weighted by atomic mass is 9.85. The zero-order valence-electron chi connectivity index (χ0n) is 14.7.